The Bertz CT molecular complexity index is 990. The molecule has 0 spiro atoms. The first-order valence-electron chi connectivity index (χ1n) is 7.67. The summed E-state index contributed by atoms with van der Waals surface area (Å²) in [6.07, 6.45) is 1.79. The van der Waals surface area contributed by atoms with E-state index < -0.39 is 0 Å². The third kappa shape index (κ3) is 3.19. The average molecular weight is 329 g/mol. The van der Waals surface area contributed by atoms with Crippen LogP contribution in [0.5, 0.6) is 0 Å². The maximum absolute atomic E-state index is 4.61. The molecule has 1 heterocycles. The van der Waals surface area contributed by atoms with Crippen LogP contribution in [0.25, 0.3) is 22.0 Å². The van der Waals surface area contributed by atoms with Crippen molar-refractivity contribution in [2.75, 3.05) is 5.43 Å². The van der Waals surface area contributed by atoms with Crippen molar-refractivity contribution in [3.8, 4) is 11.3 Å². The van der Waals surface area contributed by atoms with E-state index >= 15 is 0 Å². The van der Waals surface area contributed by atoms with E-state index in [4.69, 9.17) is 0 Å². The van der Waals surface area contributed by atoms with Gasteiger partial charge in [0.25, 0.3) is 0 Å². The quantitative estimate of drug-likeness (QED) is 0.401. The molecule has 0 amide bonds. The Morgan fingerprint density at radius 1 is 0.875 bits per heavy atom. The molecule has 0 radical (unpaired) electrons. The monoisotopic (exact) mass is 329 g/mol. The van der Waals surface area contributed by atoms with Gasteiger partial charge in [-0.1, -0.05) is 66.7 Å². The molecule has 1 N–H and O–H groups in total. The van der Waals surface area contributed by atoms with Crippen LogP contribution in [0.2, 0.25) is 0 Å². The molecule has 0 atom stereocenters. The van der Waals surface area contributed by atoms with Crippen LogP contribution in [0.15, 0.2) is 83.3 Å². The number of anilines is 1. The summed E-state index contributed by atoms with van der Waals surface area (Å²) >= 11 is 1.55. The SMILES string of the molecule is C(=N\Nc1nc(-c2ccc3ccccc3c2)cs1)/c1ccccc1. The van der Waals surface area contributed by atoms with Gasteiger partial charge in [-0.25, -0.2) is 4.98 Å². The van der Waals surface area contributed by atoms with Gasteiger partial charge in [-0.15, -0.1) is 11.3 Å². The van der Waals surface area contributed by atoms with Gasteiger partial charge in [-0.05, 0) is 22.4 Å². The molecule has 4 aromatic rings. The Labute approximate surface area is 144 Å². The first-order chi connectivity index (χ1) is 11.9. The van der Waals surface area contributed by atoms with Gasteiger partial charge in [0.15, 0.2) is 0 Å². The van der Waals surface area contributed by atoms with Crippen LogP contribution in [-0.2, 0) is 0 Å². The number of rotatable bonds is 4. The first kappa shape index (κ1) is 14.6. The van der Waals surface area contributed by atoms with E-state index in [9.17, 15) is 0 Å². The zero-order valence-electron chi connectivity index (χ0n) is 12.9. The van der Waals surface area contributed by atoms with Crippen LogP contribution < -0.4 is 5.43 Å². The minimum absolute atomic E-state index is 0.783. The fourth-order valence-electron chi connectivity index (χ4n) is 2.51. The summed E-state index contributed by atoms with van der Waals surface area (Å²) in [6.45, 7) is 0. The van der Waals surface area contributed by atoms with Crippen LogP contribution in [0.4, 0.5) is 5.13 Å². The highest BCUT2D eigenvalue weighted by Gasteiger charge is 2.04. The Balaban J connectivity index is 1.52. The van der Waals surface area contributed by atoms with Crippen molar-refractivity contribution in [2.45, 2.75) is 0 Å². The predicted molar refractivity (Wildman–Crippen MR) is 103 cm³/mol. The summed E-state index contributed by atoms with van der Waals surface area (Å²) in [5.41, 5.74) is 6.13. The second kappa shape index (κ2) is 6.64. The van der Waals surface area contributed by atoms with Crippen molar-refractivity contribution < 1.29 is 0 Å². The number of thiazole rings is 1. The highest BCUT2D eigenvalue weighted by Crippen LogP contribution is 2.27. The van der Waals surface area contributed by atoms with Crippen molar-refractivity contribution in [3.05, 3.63) is 83.7 Å². The molecule has 24 heavy (non-hydrogen) atoms. The summed E-state index contributed by atoms with van der Waals surface area (Å²) < 4.78 is 0. The Morgan fingerprint density at radius 3 is 2.54 bits per heavy atom. The molecule has 0 saturated carbocycles. The fourth-order valence-corrected chi connectivity index (χ4v) is 3.18. The molecular formula is C20H15N3S. The normalized spacial score (nSPS) is 11.2. The molecule has 4 heteroatoms. The van der Waals surface area contributed by atoms with Crippen LogP contribution in [0.3, 0.4) is 0 Å². The second-order valence-corrected chi connectivity index (χ2v) is 6.24. The summed E-state index contributed by atoms with van der Waals surface area (Å²) in [4.78, 5) is 4.61. The standard InChI is InChI=1S/C20H15N3S/c1-2-6-15(7-3-1)13-21-23-20-22-19(14-24-20)18-11-10-16-8-4-5-9-17(16)12-18/h1-14H,(H,22,23)/b21-13+. The molecular weight excluding hydrogens is 314 g/mol. The minimum atomic E-state index is 0.783. The number of hydrogen-bond donors (Lipinski definition) is 1. The van der Waals surface area contributed by atoms with Crippen LogP contribution in [0, 0.1) is 0 Å². The highest BCUT2D eigenvalue weighted by molar-refractivity contribution is 7.14. The Kier molecular flexibility index (Phi) is 4.04. The number of aromatic nitrogens is 1. The van der Waals surface area contributed by atoms with Crippen molar-refractivity contribution in [2.24, 2.45) is 5.10 Å². The molecule has 116 valence electrons. The summed E-state index contributed by atoms with van der Waals surface area (Å²) in [7, 11) is 0. The fraction of sp³-hybridized carbons (Fsp3) is 0. The zero-order valence-corrected chi connectivity index (χ0v) is 13.7. The molecule has 4 rings (SSSR count). The predicted octanol–water partition coefficient (Wildman–Crippen LogP) is 5.41. The van der Waals surface area contributed by atoms with Crippen molar-refractivity contribution in [1.29, 1.82) is 0 Å². The number of benzene rings is 3. The number of fused-ring (bicyclic) bond motifs is 1. The van der Waals surface area contributed by atoms with E-state index in [1.54, 1.807) is 17.6 Å². The van der Waals surface area contributed by atoms with Gasteiger partial charge < -0.3 is 0 Å². The Morgan fingerprint density at radius 2 is 1.67 bits per heavy atom. The maximum Gasteiger partial charge on any atom is 0.203 e. The van der Waals surface area contributed by atoms with E-state index in [-0.39, 0.29) is 0 Å². The molecule has 0 aliphatic heterocycles. The van der Waals surface area contributed by atoms with Crippen LogP contribution >= 0.6 is 11.3 Å². The van der Waals surface area contributed by atoms with Crippen LogP contribution in [-0.4, -0.2) is 11.2 Å². The van der Waals surface area contributed by atoms with E-state index in [1.807, 2.05) is 35.7 Å². The van der Waals surface area contributed by atoms with E-state index in [1.165, 1.54) is 10.8 Å². The molecule has 0 bridgehead atoms. The molecule has 1 aromatic heterocycles. The third-order valence-electron chi connectivity index (χ3n) is 3.72. The lowest BCUT2D eigenvalue weighted by Gasteiger charge is -2.00. The minimum Gasteiger partial charge on any atom is -0.253 e. The average Bonchev–Trinajstić information content (AvgIpc) is 3.11. The summed E-state index contributed by atoms with van der Waals surface area (Å²) in [5, 5.41) is 9.53. The number of nitrogens with one attached hydrogen (secondary N) is 1. The largest absolute Gasteiger partial charge is 0.253 e. The molecule has 0 aliphatic carbocycles. The van der Waals surface area contributed by atoms with Crippen molar-refractivity contribution in [1.82, 2.24) is 4.98 Å². The zero-order chi connectivity index (χ0) is 16.2. The molecule has 0 fully saturated rings. The summed E-state index contributed by atoms with van der Waals surface area (Å²) in [5.74, 6) is 0. The molecule has 0 aliphatic rings. The van der Waals surface area contributed by atoms with E-state index in [0.717, 1.165) is 22.0 Å². The van der Waals surface area contributed by atoms with Gasteiger partial charge in [0, 0.05) is 10.9 Å². The van der Waals surface area contributed by atoms with Gasteiger partial charge in [0.1, 0.15) is 0 Å². The second-order valence-electron chi connectivity index (χ2n) is 5.38. The summed E-state index contributed by atoms with van der Waals surface area (Å²) in [6, 6.07) is 24.7. The van der Waals surface area contributed by atoms with E-state index in [2.05, 4.69) is 58.0 Å². The Hall–Kier alpha value is -2.98. The van der Waals surface area contributed by atoms with Gasteiger partial charge in [0.05, 0.1) is 11.9 Å². The van der Waals surface area contributed by atoms with Gasteiger partial charge >= 0.3 is 0 Å². The smallest absolute Gasteiger partial charge is 0.203 e. The molecule has 3 nitrogen and oxygen atoms in total. The van der Waals surface area contributed by atoms with Gasteiger partial charge in [0.2, 0.25) is 5.13 Å². The number of hydrogen-bond acceptors (Lipinski definition) is 4. The van der Waals surface area contributed by atoms with E-state index in [0.29, 0.717) is 0 Å². The molecule has 0 unspecified atom stereocenters. The lowest BCUT2D eigenvalue weighted by molar-refractivity contribution is 1.29. The van der Waals surface area contributed by atoms with Crippen LogP contribution in [0.1, 0.15) is 5.56 Å². The first-order valence-corrected chi connectivity index (χ1v) is 8.55. The number of hydrazone groups is 1. The molecule has 3 aromatic carbocycles. The topological polar surface area (TPSA) is 37.3 Å². The lowest BCUT2D eigenvalue weighted by atomic mass is 10.1. The van der Waals surface area contributed by atoms with Crippen molar-refractivity contribution >= 4 is 33.5 Å². The lowest BCUT2D eigenvalue weighted by Crippen LogP contribution is -1.89. The molecule has 0 saturated heterocycles. The third-order valence-corrected chi connectivity index (χ3v) is 4.47. The van der Waals surface area contributed by atoms with Crippen molar-refractivity contribution in [3.63, 3.8) is 0 Å². The number of nitrogens with zero attached hydrogens (tertiary/aromatic N) is 2. The highest BCUT2D eigenvalue weighted by atomic mass is 32.1. The maximum atomic E-state index is 4.61. The van der Waals surface area contributed by atoms with Gasteiger partial charge in [-0.2, -0.15) is 5.10 Å². The van der Waals surface area contributed by atoms with Gasteiger partial charge in [-0.3, -0.25) is 5.43 Å².